The third kappa shape index (κ3) is 2.76. The molecule has 1 aliphatic rings. The van der Waals surface area contributed by atoms with Gasteiger partial charge < -0.3 is 10.4 Å². The van der Waals surface area contributed by atoms with Gasteiger partial charge in [0.05, 0.1) is 6.10 Å². The maximum atomic E-state index is 9.16. The molecule has 0 aromatic heterocycles. The van der Waals surface area contributed by atoms with Gasteiger partial charge in [-0.25, -0.2) is 0 Å². The SMILES string of the molecule is CC(O)CNC1CC(c2ccccc2Cl)C1. The fourth-order valence-corrected chi connectivity index (χ4v) is 2.47. The van der Waals surface area contributed by atoms with Crippen LogP contribution in [0.4, 0.5) is 0 Å². The summed E-state index contributed by atoms with van der Waals surface area (Å²) in [6, 6.07) is 8.60. The van der Waals surface area contributed by atoms with Crippen LogP contribution in [-0.2, 0) is 0 Å². The van der Waals surface area contributed by atoms with Gasteiger partial charge in [-0.1, -0.05) is 29.8 Å². The summed E-state index contributed by atoms with van der Waals surface area (Å²) in [6.45, 7) is 2.48. The van der Waals surface area contributed by atoms with E-state index in [9.17, 15) is 0 Å². The van der Waals surface area contributed by atoms with Crippen molar-refractivity contribution in [2.24, 2.45) is 0 Å². The van der Waals surface area contributed by atoms with Crippen LogP contribution in [0.3, 0.4) is 0 Å². The maximum absolute atomic E-state index is 9.16. The summed E-state index contributed by atoms with van der Waals surface area (Å²) in [4.78, 5) is 0. The molecule has 3 heteroatoms. The molecule has 2 N–H and O–H groups in total. The molecule has 0 amide bonds. The predicted octanol–water partition coefficient (Wildman–Crippen LogP) is 2.56. The number of hydrogen-bond acceptors (Lipinski definition) is 2. The van der Waals surface area contributed by atoms with Gasteiger partial charge in [0, 0.05) is 17.6 Å². The van der Waals surface area contributed by atoms with E-state index in [2.05, 4.69) is 11.4 Å². The molecule has 0 saturated heterocycles. The van der Waals surface area contributed by atoms with Crippen molar-refractivity contribution in [2.75, 3.05) is 6.54 Å². The Balaban J connectivity index is 1.82. The van der Waals surface area contributed by atoms with Crippen LogP contribution >= 0.6 is 11.6 Å². The summed E-state index contributed by atoms with van der Waals surface area (Å²) in [5.41, 5.74) is 1.26. The average molecular weight is 240 g/mol. The van der Waals surface area contributed by atoms with Crippen LogP contribution in [0.25, 0.3) is 0 Å². The number of rotatable bonds is 4. The molecule has 1 aliphatic carbocycles. The summed E-state index contributed by atoms with van der Waals surface area (Å²) in [5.74, 6) is 0.584. The molecule has 1 aromatic carbocycles. The van der Waals surface area contributed by atoms with Gasteiger partial charge in [-0.3, -0.25) is 0 Å². The second-order valence-electron chi connectivity index (χ2n) is 4.64. The summed E-state index contributed by atoms with van der Waals surface area (Å²) in [6.07, 6.45) is 1.98. The highest BCUT2D eigenvalue weighted by Crippen LogP contribution is 2.39. The molecule has 0 heterocycles. The lowest BCUT2D eigenvalue weighted by Gasteiger charge is -2.37. The highest BCUT2D eigenvalue weighted by molar-refractivity contribution is 6.31. The minimum atomic E-state index is -0.264. The Morgan fingerprint density at radius 1 is 1.44 bits per heavy atom. The van der Waals surface area contributed by atoms with E-state index in [1.807, 2.05) is 18.2 Å². The van der Waals surface area contributed by atoms with E-state index < -0.39 is 0 Å². The molecule has 0 radical (unpaired) electrons. The molecule has 1 fully saturated rings. The highest BCUT2D eigenvalue weighted by atomic mass is 35.5. The van der Waals surface area contributed by atoms with E-state index >= 15 is 0 Å². The van der Waals surface area contributed by atoms with Crippen molar-refractivity contribution in [1.82, 2.24) is 5.32 Å². The Hall–Kier alpha value is -0.570. The largest absolute Gasteiger partial charge is 0.392 e. The van der Waals surface area contributed by atoms with Crippen LogP contribution in [0.15, 0.2) is 24.3 Å². The van der Waals surface area contributed by atoms with Crippen molar-refractivity contribution < 1.29 is 5.11 Å². The highest BCUT2D eigenvalue weighted by Gasteiger charge is 2.30. The third-order valence-electron chi connectivity index (χ3n) is 3.19. The van der Waals surface area contributed by atoms with Gasteiger partial charge in [-0.15, -0.1) is 0 Å². The molecule has 0 bridgehead atoms. The van der Waals surface area contributed by atoms with Crippen molar-refractivity contribution in [2.45, 2.75) is 37.8 Å². The van der Waals surface area contributed by atoms with Gasteiger partial charge in [0.15, 0.2) is 0 Å². The van der Waals surface area contributed by atoms with Crippen molar-refractivity contribution in [3.63, 3.8) is 0 Å². The van der Waals surface area contributed by atoms with Gasteiger partial charge in [0.2, 0.25) is 0 Å². The third-order valence-corrected chi connectivity index (χ3v) is 3.53. The molecule has 2 rings (SSSR count). The lowest BCUT2D eigenvalue weighted by atomic mass is 9.76. The Morgan fingerprint density at radius 2 is 2.12 bits per heavy atom. The maximum Gasteiger partial charge on any atom is 0.0636 e. The molecule has 1 atom stereocenters. The first-order valence-electron chi connectivity index (χ1n) is 5.82. The number of halogens is 1. The normalized spacial score (nSPS) is 26.2. The van der Waals surface area contributed by atoms with Gasteiger partial charge in [-0.2, -0.15) is 0 Å². The fraction of sp³-hybridized carbons (Fsp3) is 0.538. The van der Waals surface area contributed by atoms with Crippen molar-refractivity contribution in [1.29, 1.82) is 0 Å². The number of aliphatic hydroxyl groups excluding tert-OH is 1. The molecule has 16 heavy (non-hydrogen) atoms. The van der Waals surface area contributed by atoms with Crippen LogP contribution in [-0.4, -0.2) is 23.8 Å². The zero-order valence-corrected chi connectivity index (χ0v) is 10.2. The van der Waals surface area contributed by atoms with Gasteiger partial charge in [0.25, 0.3) is 0 Å². The Morgan fingerprint density at radius 3 is 2.75 bits per heavy atom. The number of aliphatic hydroxyl groups is 1. The van der Waals surface area contributed by atoms with E-state index in [4.69, 9.17) is 16.7 Å². The zero-order chi connectivity index (χ0) is 11.5. The molecule has 1 saturated carbocycles. The van der Waals surface area contributed by atoms with Gasteiger partial charge in [-0.05, 0) is 37.3 Å². The predicted molar refractivity (Wildman–Crippen MR) is 66.9 cm³/mol. The van der Waals surface area contributed by atoms with E-state index in [0.717, 1.165) is 17.9 Å². The monoisotopic (exact) mass is 239 g/mol. The first-order chi connectivity index (χ1) is 7.66. The molecular weight excluding hydrogens is 222 g/mol. The van der Waals surface area contributed by atoms with Crippen LogP contribution in [0.5, 0.6) is 0 Å². The van der Waals surface area contributed by atoms with Crippen molar-refractivity contribution >= 4 is 11.6 Å². The van der Waals surface area contributed by atoms with E-state index in [0.29, 0.717) is 18.5 Å². The topological polar surface area (TPSA) is 32.3 Å². The molecule has 88 valence electrons. The van der Waals surface area contributed by atoms with Crippen LogP contribution in [0, 0.1) is 0 Å². The standard InChI is InChI=1S/C13H18ClNO/c1-9(16)8-15-11-6-10(7-11)12-4-2-3-5-13(12)14/h2-5,9-11,15-16H,6-8H2,1H3. The quantitative estimate of drug-likeness (QED) is 0.847. The van der Waals surface area contributed by atoms with Crippen LogP contribution in [0.2, 0.25) is 5.02 Å². The smallest absolute Gasteiger partial charge is 0.0636 e. The fourth-order valence-electron chi connectivity index (χ4n) is 2.18. The number of benzene rings is 1. The minimum absolute atomic E-state index is 0.264. The van der Waals surface area contributed by atoms with E-state index in [1.165, 1.54) is 5.56 Å². The van der Waals surface area contributed by atoms with E-state index in [-0.39, 0.29) is 6.10 Å². The van der Waals surface area contributed by atoms with Gasteiger partial charge in [0.1, 0.15) is 0 Å². The lowest BCUT2D eigenvalue weighted by Crippen LogP contribution is -2.42. The molecule has 0 aliphatic heterocycles. The van der Waals surface area contributed by atoms with E-state index in [1.54, 1.807) is 6.92 Å². The number of nitrogens with one attached hydrogen (secondary N) is 1. The summed E-state index contributed by atoms with van der Waals surface area (Å²) in [5, 5.41) is 13.4. The summed E-state index contributed by atoms with van der Waals surface area (Å²) < 4.78 is 0. The average Bonchev–Trinajstić information content (AvgIpc) is 2.17. The summed E-state index contributed by atoms with van der Waals surface area (Å²) in [7, 11) is 0. The number of hydrogen-bond donors (Lipinski definition) is 2. The summed E-state index contributed by atoms with van der Waals surface area (Å²) >= 11 is 6.15. The van der Waals surface area contributed by atoms with Crippen molar-refractivity contribution in [3.8, 4) is 0 Å². The van der Waals surface area contributed by atoms with Crippen LogP contribution in [0.1, 0.15) is 31.2 Å². The Labute approximate surface area is 102 Å². The molecule has 0 spiro atoms. The lowest BCUT2D eigenvalue weighted by molar-refractivity contribution is 0.171. The second kappa shape index (κ2) is 5.17. The van der Waals surface area contributed by atoms with Crippen molar-refractivity contribution in [3.05, 3.63) is 34.9 Å². The molecule has 1 aromatic rings. The zero-order valence-electron chi connectivity index (χ0n) is 9.49. The molecule has 2 nitrogen and oxygen atoms in total. The molecule has 1 unspecified atom stereocenters. The second-order valence-corrected chi connectivity index (χ2v) is 5.05. The first kappa shape index (κ1) is 11.9. The Kier molecular flexibility index (Phi) is 3.85. The van der Waals surface area contributed by atoms with Gasteiger partial charge >= 0.3 is 0 Å². The van der Waals surface area contributed by atoms with Crippen LogP contribution < -0.4 is 5.32 Å². The Bertz CT molecular complexity index is 348. The molecular formula is C13H18ClNO. The minimum Gasteiger partial charge on any atom is -0.392 e. The first-order valence-corrected chi connectivity index (χ1v) is 6.20.